The van der Waals surface area contributed by atoms with E-state index >= 15 is 0 Å². The van der Waals surface area contributed by atoms with E-state index in [-0.39, 0.29) is 7.43 Å². The van der Waals surface area contributed by atoms with Crippen LogP contribution in [0.15, 0.2) is 24.3 Å². The second kappa shape index (κ2) is 14.3. The van der Waals surface area contributed by atoms with Crippen molar-refractivity contribution >= 4 is 45.0 Å². The van der Waals surface area contributed by atoms with E-state index in [0.29, 0.717) is 47.6 Å². The number of hydrogen-bond acceptors (Lipinski definition) is 14. The van der Waals surface area contributed by atoms with Crippen LogP contribution in [-0.2, 0) is 13.1 Å². The van der Waals surface area contributed by atoms with Gasteiger partial charge >= 0.3 is 0 Å². The van der Waals surface area contributed by atoms with Gasteiger partial charge in [-0.2, -0.15) is 9.03 Å². The third kappa shape index (κ3) is 6.54. The zero-order valence-corrected chi connectivity index (χ0v) is 32.0. The highest BCUT2D eigenvalue weighted by Crippen LogP contribution is 2.34. The number of hydrogen-bond donors (Lipinski definition) is 2. The summed E-state index contributed by atoms with van der Waals surface area (Å²) in [7, 11) is 7.75. The summed E-state index contributed by atoms with van der Waals surface area (Å²) in [5.41, 5.74) is 17.5. The quantitative estimate of drug-likeness (QED) is 0.254. The van der Waals surface area contributed by atoms with Gasteiger partial charge in [-0.3, -0.25) is 14.7 Å². The summed E-state index contributed by atoms with van der Waals surface area (Å²) >= 11 is 0. The third-order valence-corrected chi connectivity index (χ3v) is 12.0. The van der Waals surface area contributed by atoms with Crippen LogP contribution in [0.25, 0.3) is 33.1 Å². The maximum atomic E-state index is 6.19. The Morgan fingerprint density at radius 1 is 0.636 bits per heavy atom. The zero-order valence-electron chi connectivity index (χ0n) is 32.0. The molecule has 0 amide bonds. The summed E-state index contributed by atoms with van der Waals surface area (Å²) < 4.78 is 14.3. The van der Waals surface area contributed by atoms with Gasteiger partial charge in [0.15, 0.2) is 22.9 Å². The van der Waals surface area contributed by atoms with Gasteiger partial charge in [-0.05, 0) is 89.0 Å². The number of nitrogens with zero attached hydrogens (tertiary/aromatic N) is 12. The Balaban J connectivity index is 0.000000153. The fraction of sp³-hybridized carbons (Fsp3) is 0.538. The Hall–Kier alpha value is -4.90. The summed E-state index contributed by atoms with van der Waals surface area (Å²) in [6, 6.07) is 10.5. The normalized spacial score (nSPS) is 23.1. The molecule has 4 saturated heterocycles. The molecule has 4 aliphatic rings. The minimum atomic E-state index is 0. The summed E-state index contributed by atoms with van der Waals surface area (Å²) in [5.74, 6) is 3.68. The molecule has 0 radical (unpaired) electrons. The molecule has 0 aliphatic carbocycles. The minimum Gasteiger partial charge on any atom is -0.494 e. The number of ether oxygens (including phenoxy) is 2. The van der Waals surface area contributed by atoms with Crippen LogP contribution >= 0.6 is 0 Å². The highest BCUT2D eigenvalue weighted by Gasteiger charge is 2.40. The fourth-order valence-electron chi connectivity index (χ4n) is 9.36. The number of likely N-dealkylation sites (tertiary alicyclic amines) is 2. The van der Waals surface area contributed by atoms with E-state index in [2.05, 4.69) is 66.0 Å². The van der Waals surface area contributed by atoms with E-state index in [4.69, 9.17) is 30.9 Å². The van der Waals surface area contributed by atoms with Gasteiger partial charge in [0.05, 0.1) is 27.3 Å². The first kappa shape index (κ1) is 37.0. The summed E-state index contributed by atoms with van der Waals surface area (Å²) in [6.45, 7) is 9.95. The molecular weight excluding hydrogens is 697 g/mol. The number of aryl methyl sites for hydroxylation is 2. The van der Waals surface area contributed by atoms with Crippen molar-refractivity contribution in [2.45, 2.75) is 84.2 Å². The number of anilines is 2. The van der Waals surface area contributed by atoms with Gasteiger partial charge in [0.25, 0.3) is 0 Å². The topological polar surface area (TPSA) is 170 Å². The molecule has 4 aromatic heterocycles. The average molecular weight is 751 g/mol. The number of piperazine rings is 2. The monoisotopic (exact) mass is 750 g/mol. The molecule has 55 heavy (non-hydrogen) atoms. The van der Waals surface area contributed by atoms with Crippen LogP contribution in [0.2, 0.25) is 0 Å². The van der Waals surface area contributed by atoms with E-state index in [1.54, 1.807) is 23.3 Å². The number of methoxy groups -OCH3 is 2. The van der Waals surface area contributed by atoms with E-state index in [1.807, 2.05) is 26.0 Å². The molecule has 10 rings (SSSR count). The molecule has 0 spiro atoms. The number of nitrogens with two attached hydrogens (primary N) is 2. The predicted octanol–water partition coefficient (Wildman–Crippen LogP) is 3.55. The number of benzene rings is 2. The van der Waals surface area contributed by atoms with Crippen molar-refractivity contribution in [3.8, 4) is 11.5 Å². The second-order valence-corrected chi connectivity index (χ2v) is 15.7. The third-order valence-electron chi connectivity index (χ3n) is 12.0. The number of nitrogen functional groups attached to an aromatic ring is 2. The lowest BCUT2D eigenvalue weighted by atomic mass is 10.1. The fourth-order valence-corrected chi connectivity index (χ4v) is 9.36. The molecule has 4 unspecified atom stereocenters. The molecule has 4 aliphatic heterocycles. The maximum absolute atomic E-state index is 6.19. The van der Waals surface area contributed by atoms with E-state index in [9.17, 15) is 0 Å². The van der Waals surface area contributed by atoms with Gasteiger partial charge in [-0.15, -0.1) is 10.2 Å². The number of aromatic nitrogens is 8. The average Bonchev–Trinajstić information content (AvgIpc) is 3.87. The van der Waals surface area contributed by atoms with Crippen LogP contribution in [0.5, 0.6) is 11.5 Å². The van der Waals surface area contributed by atoms with Gasteiger partial charge in [-0.25, -0.2) is 19.9 Å². The molecule has 4 fully saturated rings. The first-order chi connectivity index (χ1) is 26.1. The lowest BCUT2D eigenvalue weighted by molar-refractivity contribution is 0.0738. The zero-order chi connectivity index (χ0) is 37.4. The van der Waals surface area contributed by atoms with Crippen molar-refractivity contribution < 1.29 is 9.47 Å². The van der Waals surface area contributed by atoms with Gasteiger partial charge in [0.1, 0.15) is 22.5 Å². The first-order valence-corrected chi connectivity index (χ1v) is 18.9. The Bertz CT molecular complexity index is 2360. The number of likely N-dealkylation sites (N-methyl/N-ethyl adjacent to an activating group) is 2. The lowest BCUT2D eigenvalue weighted by Gasteiger charge is -2.38. The van der Waals surface area contributed by atoms with E-state index in [0.717, 1.165) is 95.1 Å². The Labute approximate surface area is 321 Å². The first-order valence-electron chi connectivity index (χ1n) is 18.9. The van der Waals surface area contributed by atoms with Crippen molar-refractivity contribution in [2.24, 2.45) is 0 Å². The molecule has 16 heteroatoms. The van der Waals surface area contributed by atoms with Gasteiger partial charge < -0.3 is 25.8 Å². The van der Waals surface area contributed by atoms with E-state index in [1.165, 1.54) is 25.7 Å². The van der Waals surface area contributed by atoms with Crippen LogP contribution in [0, 0.1) is 13.8 Å². The molecule has 4 bridgehead atoms. The van der Waals surface area contributed by atoms with Crippen LogP contribution in [0.1, 0.15) is 55.9 Å². The molecule has 16 nitrogen and oxygen atoms in total. The molecule has 4 atom stereocenters. The van der Waals surface area contributed by atoms with Crippen molar-refractivity contribution in [3.63, 3.8) is 0 Å². The van der Waals surface area contributed by atoms with Crippen LogP contribution in [-0.4, -0.2) is 137 Å². The van der Waals surface area contributed by atoms with Crippen molar-refractivity contribution in [2.75, 3.05) is 66.0 Å². The summed E-state index contributed by atoms with van der Waals surface area (Å²) in [6.07, 6.45) is 5.09. The van der Waals surface area contributed by atoms with Crippen molar-refractivity contribution in [1.82, 2.24) is 58.8 Å². The Morgan fingerprint density at radius 2 is 1.09 bits per heavy atom. The van der Waals surface area contributed by atoms with Crippen LogP contribution in [0.4, 0.5) is 11.9 Å². The largest absolute Gasteiger partial charge is 0.494 e. The van der Waals surface area contributed by atoms with Gasteiger partial charge in [0, 0.05) is 61.1 Å². The molecule has 2 aromatic carbocycles. The Morgan fingerprint density at radius 3 is 1.56 bits per heavy atom. The maximum Gasteiger partial charge on any atom is 0.223 e. The highest BCUT2D eigenvalue weighted by atomic mass is 16.5. The summed E-state index contributed by atoms with van der Waals surface area (Å²) in [5, 5.41) is 11.2. The smallest absolute Gasteiger partial charge is 0.223 e. The number of fused-ring (bicyclic) bond motifs is 10. The molecule has 6 aromatic rings. The molecule has 0 saturated carbocycles. The highest BCUT2D eigenvalue weighted by molar-refractivity contribution is 5.97. The SMILES string of the molecule is C.COc1cc(C)cc2c1nc(N)n1nc(CN3C4CCC3CN(C)C4)nc21.COc1cc(C)cc2c1nc(N)n1nc(CN3CC4CCC(C3)N4C)nc21. The predicted molar refractivity (Wildman–Crippen MR) is 214 cm³/mol. The lowest BCUT2D eigenvalue weighted by Crippen LogP contribution is -2.51. The standard InChI is InChI=1S/2C19H25N7O.CH4/c1-11-6-14-17(15(7-11)27-3)22-19(20)26-18(14)21-16(23-26)10-25-8-12-4-5-13(9-25)24(12)2;1-11-6-14-17(15(7-11)27-3)22-19(20)26-18(14)21-16(23-26)10-25-12-4-5-13(25)9-24(2)8-12;/h2*6-7,12-13H,4-5,8-10H2,1-3H3,(H2,20,22);1H4. The van der Waals surface area contributed by atoms with E-state index < -0.39 is 0 Å². The summed E-state index contributed by atoms with van der Waals surface area (Å²) in [4.78, 5) is 28.7. The number of rotatable bonds is 6. The van der Waals surface area contributed by atoms with Gasteiger partial charge in [-0.1, -0.05) is 7.43 Å². The second-order valence-electron chi connectivity index (χ2n) is 15.7. The van der Waals surface area contributed by atoms with Crippen molar-refractivity contribution in [3.05, 3.63) is 47.0 Å². The minimum absolute atomic E-state index is 0. The van der Waals surface area contributed by atoms with Crippen LogP contribution in [0.3, 0.4) is 0 Å². The molecule has 8 heterocycles. The van der Waals surface area contributed by atoms with Crippen molar-refractivity contribution in [1.29, 1.82) is 0 Å². The molecular formula is C39H54N14O2. The van der Waals surface area contributed by atoms with Gasteiger partial charge in [0.2, 0.25) is 11.9 Å². The molecule has 292 valence electrons. The molecule has 4 N–H and O–H groups in total. The van der Waals surface area contributed by atoms with Crippen LogP contribution < -0.4 is 20.9 Å². The Kier molecular flexibility index (Phi) is 9.64.